The number of aliphatic imine (C=N–C) groups is 1. The van der Waals surface area contributed by atoms with Gasteiger partial charge in [-0.15, -0.1) is 11.3 Å². The van der Waals surface area contributed by atoms with Crippen LogP contribution in [0.5, 0.6) is 11.5 Å². The van der Waals surface area contributed by atoms with Gasteiger partial charge in [-0.05, 0) is 43.3 Å². The Kier molecular flexibility index (Phi) is 5.68. The highest BCUT2D eigenvalue weighted by Crippen LogP contribution is 2.34. The molecule has 1 atom stereocenters. The molecule has 5 nitrogen and oxygen atoms in total. The normalized spacial score (nSPS) is 16.7. The van der Waals surface area contributed by atoms with Gasteiger partial charge in [0.05, 0.1) is 17.3 Å². The van der Waals surface area contributed by atoms with Crippen LogP contribution in [0.4, 0.5) is 13.2 Å². The SMILES string of the molecule is Cc1ccc(C2CONC(c3cc(Cl)ncc3Oc3cccc(C(F)(F)F)c3)=N2)s1. The second-order valence-corrected chi connectivity index (χ2v) is 8.19. The van der Waals surface area contributed by atoms with E-state index in [2.05, 4.69) is 15.5 Å². The van der Waals surface area contributed by atoms with Crippen LogP contribution in [-0.4, -0.2) is 17.4 Å². The van der Waals surface area contributed by atoms with Crippen LogP contribution in [0.2, 0.25) is 5.15 Å². The molecule has 1 aliphatic heterocycles. The van der Waals surface area contributed by atoms with Gasteiger partial charge in [0.1, 0.15) is 23.6 Å². The summed E-state index contributed by atoms with van der Waals surface area (Å²) in [4.78, 5) is 16.3. The summed E-state index contributed by atoms with van der Waals surface area (Å²) in [6.45, 7) is 2.34. The predicted molar refractivity (Wildman–Crippen MR) is 108 cm³/mol. The number of benzene rings is 1. The molecule has 1 aliphatic rings. The summed E-state index contributed by atoms with van der Waals surface area (Å²) < 4.78 is 44.7. The first-order valence-corrected chi connectivity index (χ1v) is 10.0. The Morgan fingerprint density at radius 3 is 2.80 bits per heavy atom. The van der Waals surface area contributed by atoms with E-state index in [-0.39, 0.29) is 22.7 Å². The van der Waals surface area contributed by atoms with Crippen molar-refractivity contribution >= 4 is 28.8 Å². The van der Waals surface area contributed by atoms with Gasteiger partial charge in [-0.1, -0.05) is 17.7 Å². The number of ether oxygens (including phenoxy) is 1. The first kappa shape index (κ1) is 20.6. The predicted octanol–water partition coefficient (Wildman–Crippen LogP) is 5.94. The number of alkyl halides is 3. The van der Waals surface area contributed by atoms with E-state index in [0.717, 1.165) is 21.9 Å². The molecule has 0 aliphatic carbocycles. The van der Waals surface area contributed by atoms with Gasteiger partial charge in [0.2, 0.25) is 0 Å². The Balaban J connectivity index is 1.68. The smallest absolute Gasteiger partial charge is 0.416 e. The lowest BCUT2D eigenvalue weighted by Gasteiger charge is -2.22. The minimum Gasteiger partial charge on any atom is -0.455 e. The standard InChI is InChI=1S/C20H15ClF3N3O2S/c1-11-5-6-17(30-11)15-10-28-27-19(26-15)14-8-18(21)25-9-16(14)29-13-4-2-3-12(7-13)20(22,23)24/h2-9,15H,10H2,1H3,(H,26,27). The number of hydrogen-bond donors (Lipinski definition) is 1. The van der Waals surface area contributed by atoms with Crippen LogP contribution in [0.15, 0.2) is 53.7 Å². The minimum absolute atomic E-state index is 0.0120. The van der Waals surface area contributed by atoms with Crippen LogP contribution in [0.1, 0.15) is 26.9 Å². The minimum atomic E-state index is -4.48. The lowest BCUT2D eigenvalue weighted by Crippen LogP contribution is -2.32. The zero-order valence-corrected chi connectivity index (χ0v) is 17.1. The quantitative estimate of drug-likeness (QED) is 0.497. The number of hydrogen-bond acceptors (Lipinski definition) is 6. The molecule has 1 aromatic carbocycles. The van der Waals surface area contributed by atoms with Crippen molar-refractivity contribution in [3.05, 3.63) is 74.7 Å². The van der Waals surface area contributed by atoms with Crippen LogP contribution in [0.3, 0.4) is 0 Å². The lowest BCUT2D eigenvalue weighted by atomic mass is 10.2. The second-order valence-electron chi connectivity index (χ2n) is 6.49. The Morgan fingerprint density at radius 2 is 2.07 bits per heavy atom. The summed E-state index contributed by atoms with van der Waals surface area (Å²) in [5, 5.41) is 0.181. The molecule has 10 heteroatoms. The maximum Gasteiger partial charge on any atom is 0.416 e. The van der Waals surface area contributed by atoms with Crippen molar-refractivity contribution in [2.45, 2.75) is 19.1 Å². The number of thiophene rings is 1. The number of amidine groups is 1. The number of nitrogens with zero attached hydrogens (tertiary/aromatic N) is 2. The van der Waals surface area contributed by atoms with Crippen LogP contribution < -0.4 is 10.2 Å². The average molecular weight is 454 g/mol. The van der Waals surface area contributed by atoms with Crippen LogP contribution in [0.25, 0.3) is 0 Å². The van der Waals surface area contributed by atoms with Crippen molar-refractivity contribution in [3.63, 3.8) is 0 Å². The molecule has 0 bridgehead atoms. The Bertz CT molecular complexity index is 1100. The summed E-state index contributed by atoms with van der Waals surface area (Å²) in [5.41, 5.74) is 2.35. The molecule has 2 aromatic heterocycles. The van der Waals surface area contributed by atoms with E-state index in [1.165, 1.54) is 24.4 Å². The van der Waals surface area contributed by atoms with Crippen molar-refractivity contribution < 1.29 is 22.7 Å². The number of aromatic nitrogens is 1. The Labute approximate surface area is 179 Å². The maximum atomic E-state index is 13.0. The highest BCUT2D eigenvalue weighted by atomic mass is 35.5. The number of aryl methyl sites for hydroxylation is 1. The molecule has 0 fully saturated rings. The van der Waals surface area contributed by atoms with Gasteiger partial charge in [-0.3, -0.25) is 9.83 Å². The van der Waals surface area contributed by atoms with E-state index in [0.29, 0.717) is 18.0 Å². The first-order chi connectivity index (χ1) is 14.3. The van der Waals surface area contributed by atoms with Crippen LogP contribution >= 0.6 is 22.9 Å². The van der Waals surface area contributed by atoms with E-state index >= 15 is 0 Å². The molecule has 30 heavy (non-hydrogen) atoms. The number of halogens is 4. The molecule has 0 saturated carbocycles. The molecular weight excluding hydrogens is 439 g/mol. The third kappa shape index (κ3) is 4.58. The molecule has 0 saturated heterocycles. The number of nitrogens with one attached hydrogen (secondary N) is 1. The van der Waals surface area contributed by atoms with Gasteiger partial charge in [-0.2, -0.15) is 13.2 Å². The fourth-order valence-electron chi connectivity index (χ4n) is 2.86. The summed E-state index contributed by atoms with van der Waals surface area (Å²) in [7, 11) is 0. The first-order valence-electron chi connectivity index (χ1n) is 8.82. The van der Waals surface area contributed by atoms with Crippen molar-refractivity contribution in [1.82, 2.24) is 10.5 Å². The molecule has 0 spiro atoms. The van der Waals surface area contributed by atoms with Gasteiger partial charge in [0.25, 0.3) is 0 Å². The summed E-state index contributed by atoms with van der Waals surface area (Å²) in [5.74, 6) is 0.554. The Hall–Kier alpha value is -2.62. The van der Waals surface area contributed by atoms with Gasteiger partial charge in [0, 0.05) is 9.75 Å². The number of rotatable bonds is 4. The molecule has 1 unspecified atom stereocenters. The van der Waals surface area contributed by atoms with E-state index < -0.39 is 11.7 Å². The molecule has 156 valence electrons. The lowest BCUT2D eigenvalue weighted by molar-refractivity contribution is -0.137. The van der Waals surface area contributed by atoms with E-state index in [1.807, 2.05) is 19.1 Å². The monoisotopic (exact) mass is 453 g/mol. The molecular formula is C20H15ClF3N3O2S. The molecule has 3 aromatic rings. The van der Waals surface area contributed by atoms with Gasteiger partial charge in [-0.25, -0.2) is 10.5 Å². The summed E-state index contributed by atoms with van der Waals surface area (Å²) in [6, 6.07) is 9.87. The maximum absolute atomic E-state index is 13.0. The highest BCUT2D eigenvalue weighted by molar-refractivity contribution is 7.12. The summed E-state index contributed by atoms with van der Waals surface area (Å²) in [6.07, 6.45) is -3.14. The largest absolute Gasteiger partial charge is 0.455 e. The third-order valence-electron chi connectivity index (χ3n) is 4.26. The molecule has 0 amide bonds. The zero-order chi connectivity index (χ0) is 21.3. The highest BCUT2D eigenvalue weighted by Gasteiger charge is 2.31. The van der Waals surface area contributed by atoms with Crippen molar-refractivity contribution in [2.24, 2.45) is 4.99 Å². The van der Waals surface area contributed by atoms with Crippen LogP contribution in [0, 0.1) is 6.92 Å². The van der Waals surface area contributed by atoms with Crippen molar-refractivity contribution in [2.75, 3.05) is 6.61 Å². The second kappa shape index (κ2) is 8.25. The van der Waals surface area contributed by atoms with Gasteiger partial charge >= 0.3 is 6.18 Å². The summed E-state index contributed by atoms with van der Waals surface area (Å²) >= 11 is 7.66. The van der Waals surface area contributed by atoms with E-state index in [4.69, 9.17) is 21.2 Å². The molecule has 4 rings (SSSR count). The van der Waals surface area contributed by atoms with E-state index in [9.17, 15) is 13.2 Å². The van der Waals surface area contributed by atoms with Gasteiger partial charge in [0.15, 0.2) is 11.6 Å². The van der Waals surface area contributed by atoms with E-state index in [1.54, 1.807) is 11.3 Å². The topological polar surface area (TPSA) is 55.7 Å². The number of pyridine rings is 1. The molecule has 1 N–H and O–H groups in total. The average Bonchev–Trinajstić information content (AvgIpc) is 3.15. The molecule has 3 heterocycles. The van der Waals surface area contributed by atoms with Gasteiger partial charge < -0.3 is 4.74 Å². The fraction of sp³-hybridized carbons (Fsp3) is 0.200. The fourth-order valence-corrected chi connectivity index (χ4v) is 3.92. The number of hydroxylamine groups is 1. The zero-order valence-electron chi connectivity index (χ0n) is 15.5. The third-order valence-corrected chi connectivity index (χ3v) is 5.57. The molecule has 0 radical (unpaired) electrons. The van der Waals surface area contributed by atoms with Crippen molar-refractivity contribution in [1.29, 1.82) is 0 Å². The van der Waals surface area contributed by atoms with Crippen LogP contribution in [-0.2, 0) is 11.0 Å². The van der Waals surface area contributed by atoms with Crippen molar-refractivity contribution in [3.8, 4) is 11.5 Å². The Morgan fingerprint density at radius 1 is 1.23 bits per heavy atom.